The van der Waals surface area contributed by atoms with Gasteiger partial charge in [-0.15, -0.1) is 0 Å². The largest absolute Gasteiger partial charge is 0.398 e. The lowest BCUT2D eigenvalue weighted by Crippen LogP contribution is -2.01. The van der Waals surface area contributed by atoms with Crippen molar-refractivity contribution in [3.05, 3.63) is 59.4 Å². The van der Waals surface area contributed by atoms with Crippen LogP contribution < -0.4 is 5.73 Å². The molecule has 0 saturated carbocycles. The number of pyridine rings is 1. The Balaban J connectivity index is 2.16. The molecule has 1 aromatic heterocycles. The standard InChI is InChI=1S/C13H12F2N2/c14-11-2-1-3-12(15)10(11)5-4-9-8-17-7-6-13(9)16/h1-3,6-8H,4-5H2,(H2,16,17). The van der Waals surface area contributed by atoms with E-state index in [9.17, 15) is 8.78 Å². The van der Waals surface area contributed by atoms with Gasteiger partial charge in [0.15, 0.2) is 0 Å². The molecule has 0 aliphatic heterocycles. The molecule has 2 rings (SSSR count). The van der Waals surface area contributed by atoms with Crippen LogP contribution in [-0.2, 0) is 12.8 Å². The smallest absolute Gasteiger partial charge is 0.129 e. The Labute approximate surface area is 98.1 Å². The molecule has 0 unspecified atom stereocenters. The van der Waals surface area contributed by atoms with Crippen LogP contribution in [0.5, 0.6) is 0 Å². The maximum absolute atomic E-state index is 13.4. The van der Waals surface area contributed by atoms with E-state index in [-0.39, 0.29) is 12.0 Å². The Hall–Kier alpha value is -1.97. The molecule has 88 valence electrons. The number of halogens is 2. The van der Waals surface area contributed by atoms with Crippen molar-refractivity contribution in [3.63, 3.8) is 0 Å². The van der Waals surface area contributed by atoms with Crippen LogP contribution in [0, 0.1) is 11.6 Å². The first-order chi connectivity index (χ1) is 8.18. The Bertz CT molecular complexity index is 506. The molecule has 0 atom stereocenters. The summed E-state index contributed by atoms with van der Waals surface area (Å²) in [4.78, 5) is 3.94. The molecule has 1 aromatic carbocycles. The van der Waals surface area contributed by atoms with Crippen molar-refractivity contribution in [1.29, 1.82) is 0 Å². The van der Waals surface area contributed by atoms with Crippen molar-refractivity contribution in [1.82, 2.24) is 4.98 Å². The maximum Gasteiger partial charge on any atom is 0.129 e. The molecule has 0 saturated heterocycles. The van der Waals surface area contributed by atoms with E-state index in [1.807, 2.05) is 0 Å². The van der Waals surface area contributed by atoms with Crippen molar-refractivity contribution < 1.29 is 8.78 Å². The van der Waals surface area contributed by atoms with E-state index in [1.54, 1.807) is 18.5 Å². The second-order valence-corrected chi connectivity index (χ2v) is 3.77. The Morgan fingerprint density at radius 2 is 1.76 bits per heavy atom. The highest BCUT2D eigenvalue weighted by Crippen LogP contribution is 2.17. The number of hydrogen-bond acceptors (Lipinski definition) is 2. The van der Waals surface area contributed by atoms with Gasteiger partial charge in [-0.3, -0.25) is 4.98 Å². The number of nitrogens with zero attached hydrogens (tertiary/aromatic N) is 1. The summed E-state index contributed by atoms with van der Waals surface area (Å²) in [6.45, 7) is 0. The van der Waals surface area contributed by atoms with E-state index >= 15 is 0 Å². The molecule has 1 heterocycles. The van der Waals surface area contributed by atoms with Crippen LogP contribution in [0.2, 0.25) is 0 Å². The fourth-order valence-electron chi connectivity index (χ4n) is 1.68. The van der Waals surface area contributed by atoms with Gasteiger partial charge >= 0.3 is 0 Å². The van der Waals surface area contributed by atoms with Gasteiger partial charge in [-0.2, -0.15) is 0 Å². The summed E-state index contributed by atoms with van der Waals surface area (Å²) in [6.07, 6.45) is 3.95. The van der Waals surface area contributed by atoms with Gasteiger partial charge in [0.1, 0.15) is 11.6 Å². The number of hydrogen-bond donors (Lipinski definition) is 1. The lowest BCUT2D eigenvalue weighted by atomic mass is 10.0. The fraction of sp³-hybridized carbons (Fsp3) is 0.154. The van der Waals surface area contributed by atoms with Crippen LogP contribution in [0.25, 0.3) is 0 Å². The van der Waals surface area contributed by atoms with Crippen molar-refractivity contribution >= 4 is 5.69 Å². The zero-order valence-corrected chi connectivity index (χ0v) is 9.16. The van der Waals surface area contributed by atoms with E-state index in [0.29, 0.717) is 12.1 Å². The molecule has 0 aliphatic carbocycles. The molecule has 17 heavy (non-hydrogen) atoms. The lowest BCUT2D eigenvalue weighted by molar-refractivity contribution is 0.554. The van der Waals surface area contributed by atoms with Crippen molar-refractivity contribution in [2.75, 3.05) is 5.73 Å². The second-order valence-electron chi connectivity index (χ2n) is 3.77. The predicted octanol–water partition coefficient (Wildman–Crippen LogP) is 2.73. The van der Waals surface area contributed by atoms with Crippen molar-refractivity contribution in [3.8, 4) is 0 Å². The zero-order chi connectivity index (χ0) is 12.3. The molecule has 0 radical (unpaired) electrons. The number of nitrogens with two attached hydrogens (primary N) is 1. The van der Waals surface area contributed by atoms with Crippen molar-refractivity contribution in [2.45, 2.75) is 12.8 Å². The van der Waals surface area contributed by atoms with Crippen LogP contribution in [0.15, 0.2) is 36.7 Å². The summed E-state index contributed by atoms with van der Waals surface area (Å²) < 4.78 is 26.7. The van der Waals surface area contributed by atoms with Crippen LogP contribution in [0.4, 0.5) is 14.5 Å². The Kier molecular flexibility index (Phi) is 3.32. The topological polar surface area (TPSA) is 38.9 Å². The second kappa shape index (κ2) is 4.91. The predicted molar refractivity (Wildman–Crippen MR) is 62.4 cm³/mol. The number of anilines is 1. The van der Waals surface area contributed by atoms with Gasteiger partial charge in [-0.25, -0.2) is 8.78 Å². The number of aryl methyl sites for hydroxylation is 1. The van der Waals surface area contributed by atoms with Crippen LogP contribution in [0.1, 0.15) is 11.1 Å². The van der Waals surface area contributed by atoms with Crippen LogP contribution in [0.3, 0.4) is 0 Å². The lowest BCUT2D eigenvalue weighted by Gasteiger charge is -2.06. The summed E-state index contributed by atoms with van der Waals surface area (Å²) >= 11 is 0. The quantitative estimate of drug-likeness (QED) is 0.886. The van der Waals surface area contributed by atoms with Crippen LogP contribution >= 0.6 is 0 Å². The highest BCUT2D eigenvalue weighted by Gasteiger charge is 2.09. The minimum Gasteiger partial charge on any atom is -0.398 e. The summed E-state index contributed by atoms with van der Waals surface area (Å²) in [5.41, 5.74) is 7.22. The van der Waals surface area contributed by atoms with E-state index in [1.165, 1.54) is 18.2 Å². The highest BCUT2D eigenvalue weighted by atomic mass is 19.1. The monoisotopic (exact) mass is 234 g/mol. The first-order valence-corrected chi connectivity index (χ1v) is 5.29. The molecular weight excluding hydrogens is 222 g/mol. The average Bonchev–Trinajstić information content (AvgIpc) is 2.30. The van der Waals surface area contributed by atoms with Gasteiger partial charge < -0.3 is 5.73 Å². The average molecular weight is 234 g/mol. The zero-order valence-electron chi connectivity index (χ0n) is 9.16. The summed E-state index contributed by atoms with van der Waals surface area (Å²) in [6, 6.07) is 5.54. The van der Waals surface area contributed by atoms with E-state index < -0.39 is 11.6 Å². The molecule has 0 aliphatic rings. The molecule has 4 heteroatoms. The molecule has 0 spiro atoms. The summed E-state index contributed by atoms with van der Waals surface area (Å²) in [5, 5.41) is 0. The molecular formula is C13H12F2N2. The molecule has 0 fully saturated rings. The van der Waals surface area contributed by atoms with Gasteiger partial charge in [-0.05, 0) is 36.6 Å². The third-order valence-electron chi connectivity index (χ3n) is 2.65. The molecule has 2 aromatic rings. The van der Waals surface area contributed by atoms with Crippen molar-refractivity contribution in [2.24, 2.45) is 0 Å². The number of rotatable bonds is 3. The first-order valence-electron chi connectivity index (χ1n) is 5.29. The minimum absolute atomic E-state index is 0.0933. The van der Waals surface area contributed by atoms with E-state index in [0.717, 1.165) is 5.56 Å². The fourth-order valence-corrected chi connectivity index (χ4v) is 1.68. The Morgan fingerprint density at radius 3 is 2.41 bits per heavy atom. The number of aromatic nitrogens is 1. The van der Waals surface area contributed by atoms with E-state index in [2.05, 4.69) is 4.98 Å². The Morgan fingerprint density at radius 1 is 1.06 bits per heavy atom. The first kappa shape index (κ1) is 11.5. The minimum atomic E-state index is -0.521. The third-order valence-corrected chi connectivity index (χ3v) is 2.65. The molecule has 0 amide bonds. The molecule has 2 N–H and O–H groups in total. The summed E-state index contributed by atoms with van der Waals surface area (Å²) in [5.74, 6) is -1.04. The van der Waals surface area contributed by atoms with Gasteiger partial charge in [0.05, 0.1) is 0 Å². The third kappa shape index (κ3) is 2.58. The highest BCUT2D eigenvalue weighted by molar-refractivity contribution is 5.44. The van der Waals surface area contributed by atoms with Crippen LogP contribution in [-0.4, -0.2) is 4.98 Å². The van der Waals surface area contributed by atoms with Gasteiger partial charge in [0.2, 0.25) is 0 Å². The van der Waals surface area contributed by atoms with Gasteiger partial charge in [0.25, 0.3) is 0 Å². The van der Waals surface area contributed by atoms with E-state index in [4.69, 9.17) is 5.73 Å². The summed E-state index contributed by atoms with van der Waals surface area (Å²) in [7, 11) is 0. The number of nitrogen functional groups attached to an aromatic ring is 1. The maximum atomic E-state index is 13.4. The molecule has 0 bridgehead atoms. The normalized spacial score (nSPS) is 10.5. The van der Waals surface area contributed by atoms with Gasteiger partial charge in [0, 0.05) is 23.6 Å². The SMILES string of the molecule is Nc1ccncc1CCc1c(F)cccc1F. The van der Waals surface area contributed by atoms with Gasteiger partial charge in [-0.1, -0.05) is 6.07 Å². The molecule has 2 nitrogen and oxygen atoms in total. The number of benzene rings is 1.